The minimum absolute atomic E-state index is 0.163. The van der Waals surface area contributed by atoms with Crippen molar-refractivity contribution in [2.75, 3.05) is 27.4 Å². The fourth-order valence-corrected chi connectivity index (χ4v) is 7.41. The van der Waals surface area contributed by atoms with Crippen molar-refractivity contribution in [2.24, 2.45) is 4.99 Å². The van der Waals surface area contributed by atoms with Crippen LogP contribution in [0.4, 0.5) is 0 Å². The Hall–Kier alpha value is -3.58. The van der Waals surface area contributed by atoms with Crippen LogP contribution in [-0.2, 0) is 16.1 Å². The van der Waals surface area contributed by atoms with E-state index in [-0.39, 0.29) is 17.7 Å². The molecule has 246 valence electrons. The first-order chi connectivity index (χ1) is 22.6. The number of allylic oxidation sites excluding steroid dienone is 1. The lowest BCUT2D eigenvalue weighted by Crippen LogP contribution is -2.40. The van der Waals surface area contributed by atoms with Crippen molar-refractivity contribution in [3.63, 3.8) is 0 Å². The minimum Gasteiger partial charge on any atom is -0.493 e. The van der Waals surface area contributed by atoms with Crippen LogP contribution in [0.15, 0.2) is 78.5 Å². The van der Waals surface area contributed by atoms with Crippen molar-refractivity contribution in [3.05, 3.63) is 110 Å². The van der Waals surface area contributed by atoms with Crippen molar-refractivity contribution in [1.29, 1.82) is 0 Å². The van der Waals surface area contributed by atoms with E-state index >= 15 is 0 Å². The normalized spacial score (nSPS) is 14.4. The summed E-state index contributed by atoms with van der Waals surface area (Å²) in [6.45, 7) is 6.24. The summed E-state index contributed by atoms with van der Waals surface area (Å²) in [5, 5.41) is 0.646. The van der Waals surface area contributed by atoms with Gasteiger partial charge in [0.25, 0.3) is 5.56 Å². The maximum absolute atomic E-state index is 14.2. The van der Waals surface area contributed by atoms with Gasteiger partial charge in [0.05, 0.1) is 53.8 Å². The SMILES string of the molecule is CCOC(=O)C1=C(C)N=c2s/c(=C/c3cc(Br)c(OCc4ccc(Cl)cc4)c(OC)c3)c(=O)n2[C@@H]1c1cc(OC)c(OCC)cc1Br. The number of halogens is 3. The van der Waals surface area contributed by atoms with Crippen molar-refractivity contribution in [3.8, 4) is 23.0 Å². The van der Waals surface area contributed by atoms with Crippen LogP contribution in [0, 0.1) is 0 Å². The summed E-state index contributed by atoms with van der Waals surface area (Å²) in [6.07, 6.45) is 1.76. The van der Waals surface area contributed by atoms with Crippen molar-refractivity contribution in [2.45, 2.75) is 33.4 Å². The Kier molecular flexibility index (Phi) is 11.2. The topological polar surface area (TPSA) is 97.6 Å². The fraction of sp³-hybridized carbons (Fsp3) is 0.265. The number of ether oxygens (including phenoxy) is 5. The molecule has 0 amide bonds. The van der Waals surface area contributed by atoms with Crippen LogP contribution >= 0.6 is 54.8 Å². The number of fused-ring (bicyclic) bond motifs is 1. The smallest absolute Gasteiger partial charge is 0.338 e. The molecule has 0 N–H and O–H groups in total. The molecule has 4 aromatic rings. The van der Waals surface area contributed by atoms with E-state index in [9.17, 15) is 9.59 Å². The molecule has 0 spiro atoms. The summed E-state index contributed by atoms with van der Waals surface area (Å²) >= 11 is 14.5. The molecule has 1 atom stereocenters. The Morgan fingerprint density at radius 3 is 2.36 bits per heavy atom. The van der Waals surface area contributed by atoms with Gasteiger partial charge in [0, 0.05) is 9.50 Å². The molecule has 9 nitrogen and oxygen atoms in total. The lowest BCUT2D eigenvalue weighted by molar-refractivity contribution is -0.139. The molecular formula is C34H31Br2ClN2O7S. The van der Waals surface area contributed by atoms with Gasteiger partial charge >= 0.3 is 5.97 Å². The van der Waals surface area contributed by atoms with E-state index in [1.807, 2.05) is 25.1 Å². The quantitative estimate of drug-likeness (QED) is 0.151. The first-order valence-corrected chi connectivity index (χ1v) is 17.3. The summed E-state index contributed by atoms with van der Waals surface area (Å²) in [5.74, 6) is 1.42. The van der Waals surface area contributed by atoms with Gasteiger partial charge in [-0.25, -0.2) is 9.79 Å². The predicted octanol–water partition coefficient (Wildman–Crippen LogP) is 6.97. The average molecular weight is 807 g/mol. The molecule has 13 heteroatoms. The molecule has 3 aromatic carbocycles. The van der Waals surface area contributed by atoms with Gasteiger partial charge in [-0.15, -0.1) is 0 Å². The molecule has 2 heterocycles. The highest BCUT2D eigenvalue weighted by molar-refractivity contribution is 9.10. The first kappa shape index (κ1) is 34.7. The van der Waals surface area contributed by atoms with Gasteiger partial charge in [-0.05, 0) is 95.9 Å². The largest absolute Gasteiger partial charge is 0.493 e. The molecule has 0 radical (unpaired) electrons. The molecule has 47 heavy (non-hydrogen) atoms. The van der Waals surface area contributed by atoms with Crippen LogP contribution in [0.1, 0.15) is 43.5 Å². The van der Waals surface area contributed by atoms with Crippen LogP contribution in [0.25, 0.3) is 6.08 Å². The number of aromatic nitrogens is 1. The van der Waals surface area contributed by atoms with Gasteiger partial charge in [-0.1, -0.05) is 51.0 Å². The number of hydrogen-bond donors (Lipinski definition) is 0. The molecule has 1 aromatic heterocycles. The molecular weight excluding hydrogens is 776 g/mol. The number of thiazole rings is 1. The third-order valence-electron chi connectivity index (χ3n) is 7.24. The predicted molar refractivity (Wildman–Crippen MR) is 189 cm³/mol. The Morgan fingerprint density at radius 1 is 0.979 bits per heavy atom. The van der Waals surface area contributed by atoms with Crippen LogP contribution in [0.5, 0.6) is 23.0 Å². The average Bonchev–Trinajstić information content (AvgIpc) is 3.34. The lowest BCUT2D eigenvalue weighted by Gasteiger charge is -2.26. The Morgan fingerprint density at radius 2 is 1.70 bits per heavy atom. The number of esters is 1. The van der Waals surface area contributed by atoms with Crippen LogP contribution in [0.2, 0.25) is 5.02 Å². The van der Waals surface area contributed by atoms with Gasteiger partial charge < -0.3 is 23.7 Å². The van der Waals surface area contributed by atoms with Crippen molar-refractivity contribution >= 4 is 66.8 Å². The maximum Gasteiger partial charge on any atom is 0.338 e. The number of carbonyl (C=O) groups excluding carboxylic acids is 1. The summed E-state index contributed by atoms with van der Waals surface area (Å²) in [7, 11) is 3.09. The molecule has 0 unspecified atom stereocenters. The van der Waals surface area contributed by atoms with E-state index < -0.39 is 12.0 Å². The Balaban J connectivity index is 1.62. The second-order valence-electron chi connectivity index (χ2n) is 10.2. The molecule has 1 aliphatic rings. The summed E-state index contributed by atoms with van der Waals surface area (Å²) < 4.78 is 31.8. The highest BCUT2D eigenvalue weighted by atomic mass is 79.9. The monoisotopic (exact) mass is 804 g/mol. The highest BCUT2D eigenvalue weighted by Crippen LogP contribution is 2.41. The highest BCUT2D eigenvalue weighted by Gasteiger charge is 2.35. The van der Waals surface area contributed by atoms with E-state index in [0.717, 1.165) is 5.56 Å². The second-order valence-corrected chi connectivity index (χ2v) is 13.4. The zero-order valence-electron chi connectivity index (χ0n) is 26.2. The lowest BCUT2D eigenvalue weighted by atomic mass is 9.95. The zero-order chi connectivity index (χ0) is 33.8. The molecule has 0 saturated carbocycles. The van der Waals surface area contributed by atoms with Crippen LogP contribution in [-0.4, -0.2) is 38.0 Å². The second kappa shape index (κ2) is 15.1. The van der Waals surface area contributed by atoms with E-state index in [1.54, 1.807) is 57.4 Å². The molecule has 1 aliphatic heterocycles. The maximum atomic E-state index is 14.2. The Bertz CT molecular complexity index is 2040. The third kappa shape index (κ3) is 7.30. The van der Waals surface area contributed by atoms with E-state index in [0.29, 0.717) is 76.3 Å². The number of nitrogens with zero attached hydrogens (tertiary/aromatic N) is 2. The number of hydrogen-bond acceptors (Lipinski definition) is 9. The zero-order valence-corrected chi connectivity index (χ0v) is 30.9. The number of methoxy groups -OCH3 is 2. The molecule has 5 rings (SSSR count). The van der Waals surface area contributed by atoms with E-state index in [4.69, 9.17) is 35.3 Å². The number of carbonyl (C=O) groups is 1. The van der Waals surface area contributed by atoms with Crippen molar-refractivity contribution < 1.29 is 28.5 Å². The van der Waals surface area contributed by atoms with Crippen molar-refractivity contribution in [1.82, 2.24) is 4.57 Å². The molecule has 0 fully saturated rings. The molecule has 0 bridgehead atoms. The van der Waals surface area contributed by atoms with Gasteiger partial charge in [0.15, 0.2) is 27.8 Å². The summed E-state index contributed by atoms with van der Waals surface area (Å²) in [6, 6.07) is 13.7. The third-order valence-corrected chi connectivity index (χ3v) is 9.75. The minimum atomic E-state index is -0.851. The summed E-state index contributed by atoms with van der Waals surface area (Å²) in [5.41, 5.74) is 2.63. The van der Waals surface area contributed by atoms with Crippen LogP contribution < -0.4 is 33.8 Å². The molecule has 0 saturated heterocycles. The van der Waals surface area contributed by atoms with Gasteiger partial charge in [-0.2, -0.15) is 0 Å². The number of rotatable bonds is 11. The summed E-state index contributed by atoms with van der Waals surface area (Å²) in [4.78, 5) is 32.7. The fourth-order valence-electron chi connectivity index (χ4n) is 5.12. The van der Waals surface area contributed by atoms with Gasteiger partial charge in [0.2, 0.25) is 0 Å². The van der Waals surface area contributed by atoms with Crippen LogP contribution in [0.3, 0.4) is 0 Å². The first-order valence-electron chi connectivity index (χ1n) is 14.5. The van der Waals surface area contributed by atoms with Gasteiger partial charge in [0.1, 0.15) is 6.61 Å². The van der Waals surface area contributed by atoms with E-state index in [2.05, 4.69) is 36.9 Å². The standard InChI is InChI=1S/C34H31Br2ClN2O7S/c1-6-44-26-16-23(35)22(15-25(26)42-4)30-29(33(41)45-7-2)18(3)38-34-39(30)32(40)28(47-34)14-20-12-24(36)31(27(13-20)43-5)46-17-19-8-10-21(37)11-9-19/h8-16,30H,6-7,17H2,1-5H3/b28-14+/t30-/m1/s1. The van der Waals surface area contributed by atoms with E-state index in [1.165, 1.54) is 23.0 Å². The molecule has 0 aliphatic carbocycles. The number of benzene rings is 3. The Labute approximate surface area is 297 Å². The van der Waals surface area contributed by atoms with Gasteiger partial charge in [-0.3, -0.25) is 9.36 Å².